The van der Waals surface area contributed by atoms with Crippen molar-refractivity contribution in [1.29, 1.82) is 0 Å². The molecule has 4 rings (SSSR count). The van der Waals surface area contributed by atoms with E-state index >= 15 is 0 Å². The Kier molecular flexibility index (Phi) is 2.65. The molecule has 4 nitrogen and oxygen atoms in total. The van der Waals surface area contributed by atoms with Crippen LogP contribution in [0.4, 0.5) is 4.39 Å². The third kappa shape index (κ3) is 1.85. The monoisotopic (exact) mass is 270 g/mol. The molecule has 0 aliphatic heterocycles. The highest BCUT2D eigenvalue weighted by molar-refractivity contribution is 5.90. The van der Waals surface area contributed by atoms with E-state index in [0.717, 1.165) is 29.7 Å². The quantitative estimate of drug-likeness (QED) is 0.680. The number of nitrogens with zero attached hydrogens (tertiary/aromatic N) is 4. The molecule has 2 aromatic heterocycles. The number of benzene rings is 1. The van der Waals surface area contributed by atoms with Crippen LogP contribution in [-0.4, -0.2) is 19.6 Å². The van der Waals surface area contributed by atoms with Crippen molar-refractivity contribution >= 4 is 16.6 Å². The molecule has 0 saturated heterocycles. The fourth-order valence-electron chi connectivity index (χ4n) is 3.06. The van der Waals surface area contributed by atoms with Crippen LogP contribution in [0.25, 0.3) is 16.6 Å². The van der Waals surface area contributed by atoms with Crippen molar-refractivity contribution in [3.63, 3.8) is 0 Å². The highest BCUT2D eigenvalue weighted by Gasteiger charge is 2.20. The van der Waals surface area contributed by atoms with Gasteiger partial charge in [-0.3, -0.25) is 0 Å². The van der Waals surface area contributed by atoms with Crippen molar-refractivity contribution in [3.8, 4) is 0 Å². The zero-order chi connectivity index (χ0) is 13.5. The molecule has 0 unspecified atom stereocenters. The van der Waals surface area contributed by atoms with Crippen molar-refractivity contribution in [2.24, 2.45) is 0 Å². The number of hydrogen-bond donors (Lipinski definition) is 0. The summed E-state index contributed by atoms with van der Waals surface area (Å²) in [6.07, 6.45) is 7.77. The third-order valence-electron chi connectivity index (χ3n) is 4.12. The maximum absolute atomic E-state index is 13.2. The second kappa shape index (κ2) is 4.51. The van der Waals surface area contributed by atoms with Gasteiger partial charge in [-0.25, -0.2) is 18.9 Å². The summed E-state index contributed by atoms with van der Waals surface area (Å²) in [4.78, 5) is 8.93. The molecular weight excluding hydrogens is 255 g/mol. The van der Waals surface area contributed by atoms with Gasteiger partial charge in [0, 0.05) is 17.4 Å². The Bertz CT molecular complexity index is 774. The molecule has 1 aromatic carbocycles. The lowest BCUT2D eigenvalue weighted by Crippen LogP contribution is -2.06. The Hall–Kier alpha value is -2.04. The standard InChI is InChI=1S/C15H15FN4/c16-11-6-7-12-13(8-11)17-9-20-15(12)18-14(19-20)10-4-2-1-3-5-10/h6-10H,1-5H2. The van der Waals surface area contributed by atoms with Crippen molar-refractivity contribution in [2.45, 2.75) is 38.0 Å². The van der Waals surface area contributed by atoms with Crippen LogP contribution >= 0.6 is 0 Å². The van der Waals surface area contributed by atoms with E-state index in [1.165, 1.54) is 31.4 Å². The van der Waals surface area contributed by atoms with E-state index in [0.29, 0.717) is 11.4 Å². The fourth-order valence-corrected chi connectivity index (χ4v) is 3.06. The van der Waals surface area contributed by atoms with Crippen molar-refractivity contribution in [1.82, 2.24) is 19.6 Å². The van der Waals surface area contributed by atoms with Gasteiger partial charge in [-0.05, 0) is 25.0 Å². The summed E-state index contributed by atoms with van der Waals surface area (Å²) in [6, 6.07) is 4.61. The minimum Gasteiger partial charge on any atom is -0.236 e. The summed E-state index contributed by atoms with van der Waals surface area (Å²) in [5.41, 5.74) is 1.40. The summed E-state index contributed by atoms with van der Waals surface area (Å²) in [5.74, 6) is 1.09. The number of aromatic nitrogens is 4. The molecule has 0 radical (unpaired) electrons. The van der Waals surface area contributed by atoms with Gasteiger partial charge in [0.05, 0.1) is 5.52 Å². The van der Waals surface area contributed by atoms with Gasteiger partial charge in [0.15, 0.2) is 11.5 Å². The summed E-state index contributed by atoms with van der Waals surface area (Å²) >= 11 is 0. The van der Waals surface area contributed by atoms with Crippen LogP contribution in [0, 0.1) is 5.82 Å². The lowest BCUT2D eigenvalue weighted by Gasteiger charge is -2.17. The SMILES string of the molecule is Fc1ccc2c(c1)ncn1nc(C3CCCCC3)nc21. The maximum Gasteiger partial charge on any atom is 0.166 e. The third-order valence-corrected chi connectivity index (χ3v) is 4.12. The molecule has 2 heterocycles. The number of fused-ring (bicyclic) bond motifs is 3. The summed E-state index contributed by atoms with van der Waals surface area (Å²) in [6.45, 7) is 0. The van der Waals surface area contributed by atoms with Gasteiger partial charge in [-0.15, -0.1) is 5.10 Å². The van der Waals surface area contributed by atoms with Crippen LogP contribution in [0.3, 0.4) is 0 Å². The molecule has 0 N–H and O–H groups in total. The van der Waals surface area contributed by atoms with Gasteiger partial charge in [-0.2, -0.15) is 0 Å². The second-order valence-electron chi connectivity index (χ2n) is 5.48. The van der Waals surface area contributed by atoms with E-state index in [-0.39, 0.29) is 5.82 Å². The van der Waals surface area contributed by atoms with Gasteiger partial charge in [0.2, 0.25) is 0 Å². The molecule has 5 heteroatoms. The van der Waals surface area contributed by atoms with Crippen LogP contribution in [0.5, 0.6) is 0 Å². The maximum atomic E-state index is 13.2. The van der Waals surface area contributed by atoms with Crippen molar-refractivity contribution < 1.29 is 4.39 Å². The molecule has 20 heavy (non-hydrogen) atoms. The number of hydrogen-bond acceptors (Lipinski definition) is 3. The smallest absolute Gasteiger partial charge is 0.166 e. The van der Waals surface area contributed by atoms with Crippen LogP contribution in [-0.2, 0) is 0 Å². The molecule has 3 aromatic rings. The number of halogens is 1. The van der Waals surface area contributed by atoms with E-state index in [1.54, 1.807) is 16.9 Å². The Labute approximate surface area is 115 Å². The molecule has 0 spiro atoms. The summed E-state index contributed by atoms with van der Waals surface area (Å²) in [7, 11) is 0. The van der Waals surface area contributed by atoms with Crippen molar-refractivity contribution in [3.05, 3.63) is 36.2 Å². The van der Waals surface area contributed by atoms with Crippen LogP contribution in [0.2, 0.25) is 0 Å². The van der Waals surface area contributed by atoms with E-state index in [4.69, 9.17) is 0 Å². The molecule has 1 aliphatic carbocycles. The molecular formula is C15H15FN4. The lowest BCUT2D eigenvalue weighted by atomic mass is 9.89. The number of rotatable bonds is 1. The van der Waals surface area contributed by atoms with Gasteiger partial charge in [0.1, 0.15) is 12.1 Å². The molecule has 1 aliphatic rings. The predicted molar refractivity (Wildman–Crippen MR) is 74.1 cm³/mol. The van der Waals surface area contributed by atoms with Crippen LogP contribution in [0.1, 0.15) is 43.8 Å². The average Bonchev–Trinajstić information content (AvgIpc) is 2.92. The van der Waals surface area contributed by atoms with E-state index in [1.807, 2.05) is 0 Å². The van der Waals surface area contributed by atoms with E-state index < -0.39 is 0 Å². The molecule has 1 saturated carbocycles. The van der Waals surface area contributed by atoms with Crippen molar-refractivity contribution in [2.75, 3.05) is 0 Å². The zero-order valence-electron chi connectivity index (χ0n) is 11.1. The Morgan fingerprint density at radius 1 is 1.15 bits per heavy atom. The first-order valence-electron chi connectivity index (χ1n) is 7.12. The highest BCUT2D eigenvalue weighted by atomic mass is 19.1. The van der Waals surface area contributed by atoms with E-state index in [2.05, 4.69) is 15.1 Å². The first-order chi connectivity index (χ1) is 9.81. The molecule has 0 bridgehead atoms. The average molecular weight is 270 g/mol. The molecule has 102 valence electrons. The van der Waals surface area contributed by atoms with Crippen LogP contribution in [0.15, 0.2) is 24.5 Å². The zero-order valence-corrected chi connectivity index (χ0v) is 11.1. The first-order valence-corrected chi connectivity index (χ1v) is 7.12. The second-order valence-corrected chi connectivity index (χ2v) is 5.48. The van der Waals surface area contributed by atoms with Gasteiger partial charge < -0.3 is 0 Å². The fraction of sp³-hybridized carbons (Fsp3) is 0.400. The summed E-state index contributed by atoms with van der Waals surface area (Å²) in [5, 5.41) is 5.41. The summed E-state index contributed by atoms with van der Waals surface area (Å²) < 4.78 is 15.0. The Balaban J connectivity index is 1.87. The van der Waals surface area contributed by atoms with Gasteiger partial charge in [0.25, 0.3) is 0 Å². The molecule has 0 amide bonds. The highest BCUT2D eigenvalue weighted by Crippen LogP contribution is 2.31. The van der Waals surface area contributed by atoms with E-state index in [9.17, 15) is 4.39 Å². The Morgan fingerprint density at radius 3 is 2.85 bits per heavy atom. The van der Waals surface area contributed by atoms with Gasteiger partial charge >= 0.3 is 0 Å². The van der Waals surface area contributed by atoms with Crippen LogP contribution < -0.4 is 0 Å². The molecule has 0 atom stereocenters. The normalized spacial score (nSPS) is 17.1. The molecule has 1 fully saturated rings. The minimum atomic E-state index is -0.277. The predicted octanol–water partition coefficient (Wildman–Crippen LogP) is 3.46. The first kappa shape index (κ1) is 11.8. The van der Waals surface area contributed by atoms with Gasteiger partial charge in [-0.1, -0.05) is 19.3 Å². The largest absolute Gasteiger partial charge is 0.236 e. The lowest BCUT2D eigenvalue weighted by molar-refractivity contribution is 0.429. The minimum absolute atomic E-state index is 0.277. The Morgan fingerprint density at radius 2 is 2.00 bits per heavy atom. The topological polar surface area (TPSA) is 43.1 Å².